The number of amides is 2. The average molecular weight is 405 g/mol. The number of carbonyl (C=O) groups is 2. The van der Waals surface area contributed by atoms with Crippen LogP contribution in [0.15, 0.2) is 72.8 Å². The number of anilines is 3. The second kappa shape index (κ2) is 9.97. The standard InChI is InChI=1S/C23H23N3O4/c1-29-20-11-7-18(8-12-20)25-22(27)15-24-17-5-3-16(4-6-17)23(28)26-19-9-13-21(30-2)14-10-19/h3-14,24H,15H2,1-2H3,(H,25,27)(H,26,28). The molecule has 7 nitrogen and oxygen atoms in total. The van der Waals surface area contributed by atoms with E-state index in [2.05, 4.69) is 16.0 Å². The van der Waals surface area contributed by atoms with Crippen LogP contribution in [0.2, 0.25) is 0 Å². The summed E-state index contributed by atoms with van der Waals surface area (Å²) in [4.78, 5) is 24.4. The number of carbonyl (C=O) groups excluding carboxylic acids is 2. The third kappa shape index (κ3) is 5.75. The maximum Gasteiger partial charge on any atom is 0.255 e. The van der Waals surface area contributed by atoms with Crippen LogP contribution in [0.3, 0.4) is 0 Å². The molecule has 3 rings (SSSR count). The van der Waals surface area contributed by atoms with E-state index in [4.69, 9.17) is 9.47 Å². The van der Waals surface area contributed by atoms with Gasteiger partial charge in [0, 0.05) is 22.6 Å². The van der Waals surface area contributed by atoms with Crippen molar-refractivity contribution in [2.24, 2.45) is 0 Å². The first-order chi connectivity index (χ1) is 14.6. The molecule has 0 aromatic heterocycles. The van der Waals surface area contributed by atoms with Crippen molar-refractivity contribution in [2.45, 2.75) is 0 Å². The summed E-state index contributed by atoms with van der Waals surface area (Å²) in [7, 11) is 3.18. The molecule has 0 spiro atoms. The lowest BCUT2D eigenvalue weighted by Gasteiger charge is -2.10. The summed E-state index contributed by atoms with van der Waals surface area (Å²) in [6, 6.07) is 21.1. The molecule has 0 aliphatic heterocycles. The van der Waals surface area contributed by atoms with Gasteiger partial charge in [-0.2, -0.15) is 0 Å². The quantitative estimate of drug-likeness (QED) is 0.527. The maximum atomic E-state index is 12.4. The van der Waals surface area contributed by atoms with E-state index in [0.717, 1.165) is 17.2 Å². The van der Waals surface area contributed by atoms with Gasteiger partial charge in [-0.15, -0.1) is 0 Å². The molecule has 0 atom stereocenters. The fourth-order valence-electron chi connectivity index (χ4n) is 2.68. The molecule has 0 saturated heterocycles. The van der Waals surface area contributed by atoms with Crippen LogP contribution in [0.4, 0.5) is 17.1 Å². The lowest BCUT2D eigenvalue weighted by Crippen LogP contribution is -2.21. The van der Waals surface area contributed by atoms with Gasteiger partial charge in [0.25, 0.3) is 5.91 Å². The van der Waals surface area contributed by atoms with Crippen molar-refractivity contribution in [1.29, 1.82) is 0 Å². The first-order valence-electron chi connectivity index (χ1n) is 9.30. The van der Waals surface area contributed by atoms with Crippen LogP contribution in [0.25, 0.3) is 0 Å². The van der Waals surface area contributed by atoms with Crippen molar-refractivity contribution in [1.82, 2.24) is 0 Å². The van der Waals surface area contributed by atoms with Crippen LogP contribution in [-0.2, 0) is 4.79 Å². The Morgan fingerprint density at radius 3 is 1.63 bits per heavy atom. The van der Waals surface area contributed by atoms with Crippen molar-refractivity contribution in [3.63, 3.8) is 0 Å². The van der Waals surface area contributed by atoms with Gasteiger partial charge in [0.05, 0.1) is 20.8 Å². The number of hydrogen-bond acceptors (Lipinski definition) is 5. The second-order valence-corrected chi connectivity index (χ2v) is 6.39. The molecule has 3 aromatic rings. The SMILES string of the molecule is COc1ccc(NC(=O)CNc2ccc(C(=O)Nc3ccc(OC)cc3)cc2)cc1. The van der Waals surface area contributed by atoms with E-state index >= 15 is 0 Å². The number of hydrogen-bond donors (Lipinski definition) is 3. The normalized spacial score (nSPS) is 10.1. The molecule has 7 heteroatoms. The van der Waals surface area contributed by atoms with E-state index in [1.54, 1.807) is 87.0 Å². The fraction of sp³-hybridized carbons (Fsp3) is 0.130. The molecule has 0 aliphatic carbocycles. The molecule has 3 N–H and O–H groups in total. The molecule has 2 amide bonds. The minimum Gasteiger partial charge on any atom is -0.497 e. The molecule has 154 valence electrons. The third-order valence-corrected chi connectivity index (χ3v) is 4.32. The van der Waals surface area contributed by atoms with Crippen molar-refractivity contribution in [3.05, 3.63) is 78.4 Å². The van der Waals surface area contributed by atoms with Crippen molar-refractivity contribution < 1.29 is 19.1 Å². The van der Waals surface area contributed by atoms with Crippen LogP contribution < -0.4 is 25.4 Å². The van der Waals surface area contributed by atoms with E-state index in [1.807, 2.05) is 0 Å². The first kappa shape index (κ1) is 20.7. The van der Waals surface area contributed by atoms with Gasteiger partial charge in [-0.1, -0.05) is 0 Å². The second-order valence-electron chi connectivity index (χ2n) is 6.39. The van der Waals surface area contributed by atoms with E-state index < -0.39 is 0 Å². The predicted octanol–water partition coefficient (Wildman–Crippen LogP) is 4.01. The highest BCUT2D eigenvalue weighted by Gasteiger charge is 2.07. The van der Waals surface area contributed by atoms with Gasteiger partial charge < -0.3 is 25.4 Å². The van der Waals surface area contributed by atoms with E-state index in [0.29, 0.717) is 16.9 Å². The minimum absolute atomic E-state index is 0.101. The third-order valence-electron chi connectivity index (χ3n) is 4.32. The Hall–Kier alpha value is -4.00. The van der Waals surface area contributed by atoms with Crippen molar-refractivity contribution in [3.8, 4) is 11.5 Å². The molecule has 30 heavy (non-hydrogen) atoms. The van der Waals surface area contributed by atoms with Gasteiger partial charge >= 0.3 is 0 Å². The molecule has 0 unspecified atom stereocenters. The Bertz CT molecular complexity index is 984. The average Bonchev–Trinajstić information content (AvgIpc) is 2.79. The summed E-state index contributed by atoms with van der Waals surface area (Å²) >= 11 is 0. The fourth-order valence-corrected chi connectivity index (χ4v) is 2.68. The van der Waals surface area contributed by atoms with Gasteiger partial charge in [0.15, 0.2) is 0 Å². The van der Waals surface area contributed by atoms with E-state index in [9.17, 15) is 9.59 Å². The smallest absolute Gasteiger partial charge is 0.255 e. The Morgan fingerprint density at radius 2 is 1.13 bits per heavy atom. The molecule has 0 fully saturated rings. The Labute approximate surface area is 175 Å². The first-order valence-corrected chi connectivity index (χ1v) is 9.30. The zero-order chi connectivity index (χ0) is 21.3. The highest BCUT2D eigenvalue weighted by molar-refractivity contribution is 6.04. The van der Waals surface area contributed by atoms with Crippen LogP contribution in [0.1, 0.15) is 10.4 Å². The van der Waals surface area contributed by atoms with E-state index in [1.165, 1.54) is 0 Å². The molecule has 0 aliphatic rings. The minimum atomic E-state index is -0.219. The van der Waals surface area contributed by atoms with Gasteiger partial charge in [0.1, 0.15) is 11.5 Å². The van der Waals surface area contributed by atoms with Crippen molar-refractivity contribution in [2.75, 3.05) is 36.7 Å². The zero-order valence-electron chi connectivity index (χ0n) is 16.8. The number of methoxy groups -OCH3 is 2. The molecule has 0 heterocycles. The molecular formula is C23H23N3O4. The summed E-state index contributed by atoms with van der Waals surface area (Å²) < 4.78 is 10.2. The number of nitrogens with one attached hydrogen (secondary N) is 3. The summed E-state index contributed by atoms with van der Waals surface area (Å²) in [6.45, 7) is 0.101. The van der Waals surface area contributed by atoms with Gasteiger partial charge in [0.2, 0.25) is 5.91 Å². The Kier molecular flexibility index (Phi) is 6.89. The predicted molar refractivity (Wildman–Crippen MR) is 118 cm³/mol. The highest BCUT2D eigenvalue weighted by Crippen LogP contribution is 2.17. The summed E-state index contributed by atoms with van der Waals surface area (Å²) in [6.07, 6.45) is 0. The number of benzene rings is 3. The van der Waals surface area contributed by atoms with Crippen molar-refractivity contribution >= 4 is 28.9 Å². The molecule has 3 aromatic carbocycles. The molecule has 0 radical (unpaired) electrons. The Balaban J connectivity index is 1.49. The lowest BCUT2D eigenvalue weighted by atomic mass is 10.2. The summed E-state index contributed by atoms with van der Waals surface area (Å²) in [5, 5.41) is 8.66. The van der Waals surface area contributed by atoms with Crippen LogP contribution in [-0.4, -0.2) is 32.6 Å². The van der Waals surface area contributed by atoms with Crippen LogP contribution in [0, 0.1) is 0 Å². The Morgan fingerprint density at radius 1 is 0.667 bits per heavy atom. The largest absolute Gasteiger partial charge is 0.497 e. The number of ether oxygens (including phenoxy) is 2. The van der Waals surface area contributed by atoms with Crippen LogP contribution in [0.5, 0.6) is 11.5 Å². The lowest BCUT2D eigenvalue weighted by molar-refractivity contribution is -0.114. The van der Waals surface area contributed by atoms with E-state index in [-0.39, 0.29) is 18.4 Å². The van der Waals surface area contributed by atoms with Gasteiger partial charge in [-0.05, 0) is 72.8 Å². The highest BCUT2D eigenvalue weighted by atomic mass is 16.5. The molecular weight excluding hydrogens is 382 g/mol. The topological polar surface area (TPSA) is 88.7 Å². The molecule has 0 bridgehead atoms. The van der Waals surface area contributed by atoms with Gasteiger partial charge in [-0.3, -0.25) is 9.59 Å². The summed E-state index contributed by atoms with van der Waals surface area (Å²) in [5.74, 6) is 1.05. The maximum absolute atomic E-state index is 12.4. The monoisotopic (exact) mass is 405 g/mol. The molecule has 0 saturated carbocycles. The zero-order valence-corrected chi connectivity index (χ0v) is 16.8. The van der Waals surface area contributed by atoms with Gasteiger partial charge in [-0.25, -0.2) is 0 Å². The van der Waals surface area contributed by atoms with Crippen LogP contribution >= 0.6 is 0 Å². The summed E-state index contributed by atoms with van der Waals surface area (Å²) in [5.41, 5.74) is 2.62. The number of rotatable bonds is 8.